The SMILES string of the molecule is CCN(CC)CN1C(=O)CSC1=S. The molecule has 5 heteroatoms. The molecule has 13 heavy (non-hydrogen) atoms. The molecule has 1 rings (SSSR count). The van der Waals surface area contributed by atoms with Gasteiger partial charge in [0, 0.05) is 0 Å². The van der Waals surface area contributed by atoms with Gasteiger partial charge in [-0.3, -0.25) is 14.6 Å². The van der Waals surface area contributed by atoms with Gasteiger partial charge in [-0.2, -0.15) is 0 Å². The van der Waals surface area contributed by atoms with E-state index in [0.717, 1.165) is 17.4 Å². The molecule has 0 saturated carbocycles. The molecular formula is C8H14N2OS2. The third-order valence-corrected chi connectivity index (χ3v) is 3.51. The second kappa shape index (κ2) is 4.93. The fourth-order valence-electron chi connectivity index (χ4n) is 1.14. The van der Waals surface area contributed by atoms with Crippen molar-refractivity contribution >= 4 is 34.2 Å². The van der Waals surface area contributed by atoms with Gasteiger partial charge < -0.3 is 0 Å². The molecule has 0 unspecified atom stereocenters. The molecule has 1 aliphatic heterocycles. The van der Waals surface area contributed by atoms with Crippen molar-refractivity contribution in [2.45, 2.75) is 13.8 Å². The van der Waals surface area contributed by atoms with Crippen LogP contribution in [0.4, 0.5) is 0 Å². The Morgan fingerprint density at radius 3 is 2.54 bits per heavy atom. The molecule has 1 amide bonds. The van der Waals surface area contributed by atoms with Gasteiger partial charge >= 0.3 is 0 Å². The van der Waals surface area contributed by atoms with Crippen LogP contribution in [0, 0.1) is 0 Å². The van der Waals surface area contributed by atoms with Crippen molar-refractivity contribution in [1.29, 1.82) is 0 Å². The van der Waals surface area contributed by atoms with Crippen molar-refractivity contribution in [2.75, 3.05) is 25.5 Å². The Morgan fingerprint density at radius 2 is 2.15 bits per heavy atom. The Morgan fingerprint density at radius 1 is 1.54 bits per heavy atom. The fraction of sp³-hybridized carbons (Fsp3) is 0.750. The van der Waals surface area contributed by atoms with E-state index >= 15 is 0 Å². The van der Waals surface area contributed by atoms with Crippen LogP contribution in [-0.4, -0.2) is 45.5 Å². The number of rotatable bonds is 4. The van der Waals surface area contributed by atoms with Crippen molar-refractivity contribution in [3.05, 3.63) is 0 Å². The number of carbonyl (C=O) groups excluding carboxylic acids is 1. The molecule has 0 radical (unpaired) electrons. The van der Waals surface area contributed by atoms with Crippen molar-refractivity contribution in [3.63, 3.8) is 0 Å². The zero-order chi connectivity index (χ0) is 9.84. The van der Waals surface area contributed by atoms with E-state index in [9.17, 15) is 4.79 Å². The minimum absolute atomic E-state index is 0.141. The number of amides is 1. The second-order valence-corrected chi connectivity index (χ2v) is 4.43. The van der Waals surface area contributed by atoms with Crippen molar-refractivity contribution < 1.29 is 4.79 Å². The van der Waals surface area contributed by atoms with Crippen LogP contribution in [0.5, 0.6) is 0 Å². The summed E-state index contributed by atoms with van der Waals surface area (Å²) in [4.78, 5) is 15.2. The molecule has 1 fully saturated rings. The largest absolute Gasteiger partial charge is 0.286 e. The summed E-state index contributed by atoms with van der Waals surface area (Å²) in [5.41, 5.74) is 0. The summed E-state index contributed by atoms with van der Waals surface area (Å²) in [6.45, 7) is 6.72. The van der Waals surface area contributed by atoms with Gasteiger partial charge in [0.05, 0.1) is 12.4 Å². The number of hydrogen-bond donors (Lipinski definition) is 0. The topological polar surface area (TPSA) is 23.6 Å². The minimum Gasteiger partial charge on any atom is -0.286 e. The van der Waals surface area contributed by atoms with Crippen molar-refractivity contribution in [2.24, 2.45) is 0 Å². The fourth-order valence-corrected chi connectivity index (χ4v) is 2.20. The maximum Gasteiger partial charge on any atom is 0.239 e. The first-order chi connectivity index (χ1) is 6.19. The Hall–Kier alpha value is -0.130. The van der Waals surface area contributed by atoms with E-state index in [4.69, 9.17) is 12.2 Å². The van der Waals surface area contributed by atoms with Crippen LogP contribution >= 0.6 is 24.0 Å². The van der Waals surface area contributed by atoms with Gasteiger partial charge in [-0.25, -0.2) is 0 Å². The predicted octanol–water partition coefficient (Wildman–Crippen LogP) is 1.15. The number of thioether (sulfide) groups is 1. The molecule has 0 aromatic heterocycles. The van der Waals surface area contributed by atoms with Gasteiger partial charge in [0.15, 0.2) is 0 Å². The number of hydrogen-bond acceptors (Lipinski definition) is 4. The van der Waals surface area contributed by atoms with Gasteiger partial charge in [-0.1, -0.05) is 37.8 Å². The van der Waals surface area contributed by atoms with Gasteiger partial charge in [-0.15, -0.1) is 0 Å². The minimum atomic E-state index is 0.141. The van der Waals surface area contributed by atoms with Crippen LogP contribution in [0.25, 0.3) is 0 Å². The van der Waals surface area contributed by atoms with Gasteiger partial charge in [0.2, 0.25) is 5.91 Å². The Labute approximate surface area is 88.5 Å². The Kier molecular flexibility index (Phi) is 4.15. The first kappa shape index (κ1) is 10.9. The highest BCUT2D eigenvalue weighted by atomic mass is 32.2. The molecule has 74 valence electrons. The molecule has 3 nitrogen and oxygen atoms in total. The molecule has 0 spiro atoms. The summed E-state index contributed by atoms with van der Waals surface area (Å²) < 4.78 is 0.719. The quantitative estimate of drug-likeness (QED) is 0.660. The molecule has 0 N–H and O–H groups in total. The van der Waals surface area contributed by atoms with Gasteiger partial charge in [-0.05, 0) is 13.1 Å². The van der Waals surface area contributed by atoms with Crippen LogP contribution in [0.15, 0.2) is 0 Å². The molecule has 0 atom stereocenters. The molecule has 0 aromatic carbocycles. The smallest absolute Gasteiger partial charge is 0.239 e. The Bertz CT molecular complexity index is 200. The third-order valence-electron chi connectivity index (χ3n) is 2.08. The van der Waals surface area contributed by atoms with Crippen LogP contribution in [0.3, 0.4) is 0 Å². The summed E-state index contributed by atoms with van der Waals surface area (Å²) in [5.74, 6) is 0.655. The van der Waals surface area contributed by atoms with Crippen molar-refractivity contribution in [3.8, 4) is 0 Å². The van der Waals surface area contributed by atoms with E-state index < -0.39 is 0 Å². The summed E-state index contributed by atoms with van der Waals surface area (Å²) in [6, 6.07) is 0. The lowest BCUT2D eigenvalue weighted by Gasteiger charge is -2.24. The molecule has 1 aliphatic rings. The van der Waals surface area contributed by atoms with Crippen molar-refractivity contribution in [1.82, 2.24) is 9.80 Å². The first-order valence-corrected chi connectivity index (χ1v) is 5.77. The van der Waals surface area contributed by atoms with E-state index in [0.29, 0.717) is 12.4 Å². The zero-order valence-electron chi connectivity index (χ0n) is 7.95. The van der Waals surface area contributed by atoms with E-state index in [2.05, 4.69) is 18.7 Å². The second-order valence-electron chi connectivity index (χ2n) is 2.82. The van der Waals surface area contributed by atoms with Gasteiger partial charge in [0.25, 0.3) is 0 Å². The van der Waals surface area contributed by atoms with Crippen LogP contribution in [0.2, 0.25) is 0 Å². The maximum atomic E-state index is 11.3. The molecule has 0 aromatic rings. The maximum absolute atomic E-state index is 11.3. The molecule has 0 aliphatic carbocycles. The lowest BCUT2D eigenvalue weighted by atomic mass is 10.5. The third kappa shape index (κ3) is 2.65. The number of carbonyl (C=O) groups is 1. The van der Waals surface area contributed by atoms with E-state index in [1.807, 2.05) is 0 Å². The van der Waals surface area contributed by atoms with Gasteiger partial charge in [0.1, 0.15) is 4.32 Å². The lowest BCUT2D eigenvalue weighted by molar-refractivity contribution is -0.125. The Balaban J connectivity index is 2.51. The summed E-state index contributed by atoms with van der Waals surface area (Å²) >= 11 is 6.53. The standard InChI is InChI=1S/C8H14N2OS2/c1-3-9(4-2)6-10-7(11)5-13-8(10)12/h3-6H2,1-2H3. The zero-order valence-corrected chi connectivity index (χ0v) is 9.58. The highest BCUT2D eigenvalue weighted by molar-refractivity contribution is 8.23. The van der Waals surface area contributed by atoms with E-state index in [1.54, 1.807) is 4.90 Å². The molecule has 1 heterocycles. The van der Waals surface area contributed by atoms with Crippen LogP contribution in [0.1, 0.15) is 13.8 Å². The molecule has 1 saturated heterocycles. The average molecular weight is 218 g/mol. The van der Waals surface area contributed by atoms with E-state index in [1.165, 1.54) is 11.8 Å². The summed E-state index contributed by atoms with van der Waals surface area (Å²) in [5, 5.41) is 0. The predicted molar refractivity (Wildman–Crippen MR) is 59.7 cm³/mol. The highest BCUT2D eigenvalue weighted by Crippen LogP contribution is 2.19. The van der Waals surface area contributed by atoms with Crippen LogP contribution in [-0.2, 0) is 4.79 Å². The summed E-state index contributed by atoms with van der Waals surface area (Å²) in [7, 11) is 0. The van der Waals surface area contributed by atoms with Crippen LogP contribution < -0.4 is 0 Å². The average Bonchev–Trinajstić information content (AvgIpc) is 2.44. The molecule has 0 bridgehead atoms. The molecular weight excluding hydrogens is 204 g/mol. The summed E-state index contributed by atoms with van der Waals surface area (Å²) in [6.07, 6.45) is 0. The number of nitrogens with zero attached hydrogens (tertiary/aromatic N) is 2. The number of thiocarbonyl (C=S) groups is 1. The lowest BCUT2D eigenvalue weighted by Crippen LogP contribution is -2.40. The van der Waals surface area contributed by atoms with E-state index in [-0.39, 0.29) is 5.91 Å². The highest BCUT2D eigenvalue weighted by Gasteiger charge is 2.27. The first-order valence-electron chi connectivity index (χ1n) is 4.38. The monoisotopic (exact) mass is 218 g/mol. The normalized spacial score (nSPS) is 17.6.